The molecule has 0 spiro atoms. The second-order valence-electron chi connectivity index (χ2n) is 4.52. The van der Waals surface area contributed by atoms with Crippen molar-refractivity contribution in [1.29, 1.82) is 0 Å². The normalized spacial score (nSPS) is 12.2. The number of ether oxygens (including phenoxy) is 1. The first-order valence-electron chi connectivity index (χ1n) is 6.16. The molecule has 1 aromatic carbocycles. The summed E-state index contributed by atoms with van der Waals surface area (Å²) in [4.78, 5) is 0. The highest BCUT2D eigenvalue weighted by molar-refractivity contribution is 5.40. The lowest BCUT2D eigenvalue weighted by Crippen LogP contribution is -2.13. The SMILES string of the molecule is COc1ccc(C)cc1C(O)CNc1ccn(C)n1. The van der Waals surface area contributed by atoms with Gasteiger partial charge < -0.3 is 15.2 Å². The van der Waals surface area contributed by atoms with Crippen molar-refractivity contribution in [2.75, 3.05) is 19.0 Å². The van der Waals surface area contributed by atoms with Crippen LogP contribution in [-0.2, 0) is 7.05 Å². The standard InChI is InChI=1S/C14H19N3O2/c1-10-4-5-13(19-3)11(8-10)12(18)9-15-14-6-7-17(2)16-14/h4-8,12,18H,9H2,1-3H3,(H,15,16). The summed E-state index contributed by atoms with van der Waals surface area (Å²) in [5, 5.41) is 17.5. The van der Waals surface area contributed by atoms with Crippen LogP contribution in [0.2, 0.25) is 0 Å². The number of nitrogens with zero attached hydrogens (tertiary/aromatic N) is 2. The molecule has 0 aliphatic heterocycles. The Morgan fingerprint density at radius 1 is 1.42 bits per heavy atom. The van der Waals surface area contributed by atoms with E-state index in [2.05, 4.69) is 10.4 Å². The van der Waals surface area contributed by atoms with Crippen LogP contribution in [0.5, 0.6) is 5.75 Å². The van der Waals surface area contributed by atoms with Crippen molar-refractivity contribution >= 4 is 5.82 Å². The number of rotatable bonds is 5. The predicted molar refractivity (Wildman–Crippen MR) is 74.4 cm³/mol. The van der Waals surface area contributed by atoms with Crippen molar-refractivity contribution in [3.8, 4) is 5.75 Å². The Morgan fingerprint density at radius 2 is 2.21 bits per heavy atom. The lowest BCUT2D eigenvalue weighted by atomic mass is 10.1. The zero-order valence-electron chi connectivity index (χ0n) is 11.4. The van der Waals surface area contributed by atoms with Crippen molar-refractivity contribution in [3.05, 3.63) is 41.6 Å². The van der Waals surface area contributed by atoms with Crippen LogP contribution in [0.1, 0.15) is 17.2 Å². The molecule has 5 nitrogen and oxygen atoms in total. The number of nitrogens with one attached hydrogen (secondary N) is 1. The maximum absolute atomic E-state index is 10.2. The molecule has 1 aromatic heterocycles. The lowest BCUT2D eigenvalue weighted by molar-refractivity contribution is 0.186. The predicted octanol–water partition coefficient (Wildman–Crippen LogP) is 1.88. The summed E-state index contributed by atoms with van der Waals surface area (Å²) in [6, 6.07) is 7.62. The maximum atomic E-state index is 10.2. The molecule has 0 amide bonds. The van der Waals surface area contributed by atoms with Crippen LogP contribution >= 0.6 is 0 Å². The molecular weight excluding hydrogens is 242 g/mol. The number of anilines is 1. The third-order valence-electron chi connectivity index (χ3n) is 2.93. The van der Waals surface area contributed by atoms with Crippen molar-refractivity contribution in [2.24, 2.45) is 7.05 Å². The lowest BCUT2D eigenvalue weighted by Gasteiger charge is -2.16. The summed E-state index contributed by atoms with van der Waals surface area (Å²) < 4.78 is 6.98. The molecule has 2 aromatic rings. The molecular formula is C14H19N3O2. The fourth-order valence-corrected chi connectivity index (χ4v) is 1.93. The fourth-order valence-electron chi connectivity index (χ4n) is 1.93. The topological polar surface area (TPSA) is 59.3 Å². The first-order chi connectivity index (χ1) is 9.10. The second kappa shape index (κ2) is 5.75. The molecule has 2 N–H and O–H groups in total. The molecule has 0 aliphatic rings. The average molecular weight is 261 g/mol. The van der Waals surface area contributed by atoms with Crippen LogP contribution in [-0.4, -0.2) is 28.5 Å². The van der Waals surface area contributed by atoms with Gasteiger partial charge in [-0.3, -0.25) is 4.68 Å². The van der Waals surface area contributed by atoms with E-state index < -0.39 is 6.10 Å². The minimum absolute atomic E-state index is 0.386. The van der Waals surface area contributed by atoms with Crippen LogP contribution in [0.25, 0.3) is 0 Å². The van der Waals surface area contributed by atoms with E-state index in [9.17, 15) is 5.11 Å². The van der Waals surface area contributed by atoms with Gasteiger partial charge in [-0.1, -0.05) is 11.6 Å². The monoisotopic (exact) mass is 261 g/mol. The minimum atomic E-state index is -0.642. The zero-order chi connectivity index (χ0) is 13.8. The Kier molecular flexibility index (Phi) is 4.06. The Hall–Kier alpha value is -2.01. The molecule has 0 fully saturated rings. The van der Waals surface area contributed by atoms with E-state index in [1.54, 1.807) is 11.8 Å². The molecule has 19 heavy (non-hydrogen) atoms. The van der Waals surface area contributed by atoms with Gasteiger partial charge in [0, 0.05) is 31.4 Å². The number of benzene rings is 1. The summed E-state index contributed by atoms with van der Waals surface area (Å²) >= 11 is 0. The van der Waals surface area contributed by atoms with Gasteiger partial charge in [-0.2, -0.15) is 5.10 Å². The summed E-state index contributed by atoms with van der Waals surface area (Å²) in [7, 11) is 3.46. The van der Waals surface area contributed by atoms with E-state index in [1.807, 2.05) is 44.4 Å². The molecule has 0 aliphatic carbocycles. The van der Waals surface area contributed by atoms with Gasteiger partial charge in [-0.05, 0) is 19.1 Å². The van der Waals surface area contributed by atoms with Crippen molar-refractivity contribution in [3.63, 3.8) is 0 Å². The Balaban J connectivity index is 2.06. The van der Waals surface area contributed by atoms with Crippen LogP contribution < -0.4 is 10.1 Å². The van der Waals surface area contributed by atoms with Gasteiger partial charge in [0.1, 0.15) is 11.6 Å². The van der Waals surface area contributed by atoms with Gasteiger partial charge in [-0.25, -0.2) is 0 Å². The third kappa shape index (κ3) is 3.26. The molecule has 0 saturated heterocycles. The number of hydrogen-bond donors (Lipinski definition) is 2. The summed E-state index contributed by atoms with van der Waals surface area (Å²) in [6.45, 7) is 2.37. The van der Waals surface area contributed by atoms with Crippen molar-refractivity contribution < 1.29 is 9.84 Å². The van der Waals surface area contributed by atoms with E-state index in [-0.39, 0.29) is 0 Å². The highest BCUT2D eigenvalue weighted by Gasteiger charge is 2.13. The van der Waals surface area contributed by atoms with Gasteiger partial charge in [0.15, 0.2) is 0 Å². The van der Waals surface area contributed by atoms with Crippen LogP contribution in [0, 0.1) is 6.92 Å². The van der Waals surface area contributed by atoms with Gasteiger partial charge >= 0.3 is 0 Å². The third-order valence-corrected chi connectivity index (χ3v) is 2.93. The van der Waals surface area contributed by atoms with Gasteiger partial charge in [0.2, 0.25) is 0 Å². The van der Waals surface area contributed by atoms with E-state index in [4.69, 9.17) is 4.74 Å². The quantitative estimate of drug-likeness (QED) is 0.863. The van der Waals surface area contributed by atoms with Crippen LogP contribution in [0.15, 0.2) is 30.5 Å². The first kappa shape index (κ1) is 13.4. The molecule has 5 heteroatoms. The molecule has 0 radical (unpaired) electrons. The highest BCUT2D eigenvalue weighted by atomic mass is 16.5. The number of aliphatic hydroxyl groups is 1. The fraction of sp³-hybridized carbons (Fsp3) is 0.357. The summed E-state index contributed by atoms with van der Waals surface area (Å²) in [5.41, 5.74) is 1.87. The number of methoxy groups -OCH3 is 1. The summed E-state index contributed by atoms with van der Waals surface area (Å²) in [5.74, 6) is 1.44. The van der Waals surface area contributed by atoms with Crippen LogP contribution in [0.3, 0.4) is 0 Å². The summed E-state index contributed by atoms with van der Waals surface area (Å²) in [6.07, 6.45) is 1.21. The van der Waals surface area contributed by atoms with E-state index >= 15 is 0 Å². The van der Waals surface area contributed by atoms with E-state index in [1.165, 1.54) is 0 Å². The van der Waals surface area contributed by atoms with E-state index in [0.29, 0.717) is 12.3 Å². The molecule has 1 unspecified atom stereocenters. The van der Waals surface area contributed by atoms with Crippen LogP contribution in [0.4, 0.5) is 5.82 Å². The highest BCUT2D eigenvalue weighted by Crippen LogP contribution is 2.26. The maximum Gasteiger partial charge on any atom is 0.148 e. The molecule has 1 heterocycles. The Labute approximate surface area is 112 Å². The smallest absolute Gasteiger partial charge is 0.148 e. The Morgan fingerprint density at radius 3 is 2.84 bits per heavy atom. The molecule has 102 valence electrons. The van der Waals surface area contributed by atoms with Crippen molar-refractivity contribution in [1.82, 2.24) is 9.78 Å². The van der Waals surface area contributed by atoms with Gasteiger partial charge in [0.25, 0.3) is 0 Å². The molecule has 0 bridgehead atoms. The Bertz CT molecular complexity index is 551. The molecule has 2 rings (SSSR count). The first-order valence-corrected chi connectivity index (χ1v) is 6.16. The van der Waals surface area contributed by atoms with Gasteiger partial charge in [0.05, 0.1) is 13.2 Å². The second-order valence-corrected chi connectivity index (χ2v) is 4.52. The number of hydrogen-bond acceptors (Lipinski definition) is 4. The number of aliphatic hydroxyl groups excluding tert-OH is 1. The molecule has 1 atom stereocenters. The number of aromatic nitrogens is 2. The van der Waals surface area contributed by atoms with Gasteiger partial charge in [-0.15, -0.1) is 0 Å². The zero-order valence-corrected chi connectivity index (χ0v) is 11.4. The molecule has 0 saturated carbocycles. The average Bonchev–Trinajstić information content (AvgIpc) is 2.81. The number of aryl methyl sites for hydroxylation is 2. The largest absolute Gasteiger partial charge is 0.496 e. The van der Waals surface area contributed by atoms with E-state index in [0.717, 1.165) is 16.9 Å². The van der Waals surface area contributed by atoms with Crippen molar-refractivity contribution in [2.45, 2.75) is 13.0 Å². The minimum Gasteiger partial charge on any atom is -0.496 e.